The lowest BCUT2D eigenvalue weighted by atomic mass is 10.1. The van der Waals surface area contributed by atoms with Gasteiger partial charge in [-0.05, 0) is 24.1 Å². The van der Waals surface area contributed by atoms with Gasteiger partial charge in [0.05, 0.1) is 4.92 Å². The summed E-state index contributed by atoms with van der Waals surface area (Å²) in [4.78, 5) is 10.2. The molecule has 2 rings (SSSR count). The molecule has 100 valence electrons. The summed E-state index contributed by atoms with van der Waals surface area (Å²) < 4.78 is 0. The van der Waals surface area contributed by atoms with E-state index in [1.807, 2.05) is 36.4 Å². The molecule has 0 aliphatic rings. The standard InChI is InChI=1S/C15H13N3O2/c16-11-13-10-14(6-7-15(13)18(19)20)17-9-8-12-4-2-1-3-5-12/h1-7,10,17H,8-9H2. The molecule has 0 fully saturated rings. The van der Waals surface area contributed by atoms with Gasteiger partial charge in [-0.15, -0.1) is 0 Å². The lowest BCUT2D eigenvalue weighted by Gasteiger charge is -2.07. The molecule has 1 N–H and O–H groups in total. The van der Waals surface area contributed by atoms with Gasteiger partial charge < -0.3 is 5.32 Å². The Morgan fingerprint density at radius 1 is 1.20 bits per heavy atom. The molecule has 20 heavy (non-hydrogen) atoms. The summed E-state index contributed by atoms with van der Waals surface area (Å²) in [6.45, 7) is 0.701. The Morgan fingerprint density at radius 2 is 1.95 bits per heavy atom. The van der Waals surface area contributed by atoms with Crippen molar-refractivity contribution in [2.75, 3.05) is 11.9 Å². The van der Waals surface area contributed by atoms with Crippen molar-refractivity contribution in [2.45, 2.75) is 6.42 Å². The van der Waals surface area contributed by atoms with Gasteiger partial charge in [0, 0.05) is 18.3 Å². The largest absolute Gasteiger partial charge is 0.385 e. The highest BCUT2D eigenvalue weighted by molar-refractivity contribution is 5.58. The fraction of sp³-hybridized carbons (Fsp3) is 0.133. The van der Waals surface area contributed by atoms with E-state index in [-0.39, 0.29) is 11.3 Å². The Bertz CT molecular complexity index is 648. The topological polar surface area (TPSA) is 79.0 Å². The Hall–Kier alpha value is -2.87. The summed E-state index contributed by atoms with van der Waals surface area (Å²) >= 11 is 0. The molecule has 0 atom stereocenters. The van der Waals surface area contributed by atoms with E-state index in [0.29, 0.717) is 12.2 Å². The van der Waals surface area contributed by atoms with Crippen molar-refractivity contribution in [2.24, 2.45) is 0 Å². The van der Waals surface area contributed by atoms with E-state index in [1.54, 1.807) is 6.07 Å². The average molecular weight is 267 g/mol. The molecular formula is C15H13N3O2. The van der Waals surface area contributed by atoms with Crippen molar-refractivity contribution in [3.8, 4) is 6.07 Å². The van der Waals surface area contributed by atoms with Crippen LogP contribution in [0.2, 0.25) is 0 Å². The molecule has 0 unspecified atom stereocenters. The lowest BCUT2D eigenvalue weighted by molar-refractivity contribution is -0.385. The van der Waals surface area contributed by atoms with Crippen molar-refractivity contribution in [1.29, 1.82) is 5.26 Å². The number of nitriles is 1. The van der Waals surface area contributed by atoms with E-state index < -0.39 is 4.92 Å². The van der Waals surface area contributed by atoms with Gasteiger partial charge in [0.25, 0.3) is 5.69 Å². The highest BCUT2D eigenvalue weighted by atomic mass is 16.6. The predicted octanol–water partition coefficient (Wildman–Crippen LogP) is 3.12. The molecule has 0 amide bonds. The molecule has 0 radical (unpaired) electrons. The van der Waals surface area contributed by atoms with Crippen LogP contribution >= 0.6 is 0 Å². The molecule has 0 aromatic heterocycles. The maximum absolute atomic E-state index is 10.7. The Labute approximate surface area is 116 Å². The molecule has 0 heterocycles. The first-order valence-corrected chi connectivity index (χ1v) is 6.17. The molecule has 0 spiro atoms. The minimum atomic E-state index is -0.549. The van der Waals surface area contributed by atoms with E-state index in [1.165, 1.54) is 17.7 Å². The number of hydrogen-bond acceptors (Lipinski definition) is 4. The number of nitro benzene ring substituents is 1. The van der Waals surface area contributed by atoms with Gasteiger partial charge in [0.2, 0.25) is 0 Å². The lowest BCUT2D eigenvalue weighted by Crippen LogP contribution is -2.05. The summed E-state index contributed by atoms with van der Waals surface area (Å²) in [5.74, 6) is 0. The minimum Gasteiger partial charge on any atom is -0.385 e. The SMILES string of the molecule is N#Cc1cc(NCCc2ccccc2)ccc1[N+](=O)[O-]. The summed E-state index contributed by atoms with van der Waals surface area (Å²) in [5.41, 5.74) is 1.83. The molecule has 0 aliphatic heterocycles. The number of benzene rings is 2. The van der Waals surface area contributed by atoms with E-state index in [4.69, 9.17) is 5.26 Å². The Balaban J connectivity index is 2.00. The van der Waals surface area contributed by atoms with Crippen molar-refractivity contribution in [1.82, 2.24) is 0 Å². The second kappa shape index (κ2) is 6.34. The van der Waals surface area contributed by atoms with Crippen LogP contribution in [-0.4, -0.2) is 11.5 Å². The van der Waals surface area contributed by atoms with Gasteiger partial charge in [0.1, 0.15) is 11.6 Å². The van der Waals surface area contributed by atoms with Crippen LogP contribution in [0.3, 0.4) is 0 Å². The third kappa shape index (κ3) is 3.33. The first-order valence-electron chi connectivity index (χ1n) is 6.17. The van der Waals surface area contributed by atoms with Crippen LogP contribution in [0, 0.1) is 21.4 Å². The molecule has 5 nitrogen and oxygen atoms in total. The quantitative estimate of drug-likeness (QED) is 0.666. The fourth-order valence-corrected chi connectivity index (χ4v) is 1.89. The van der Waals surface area contributed by atoms with Crippen molar-refractivity contribution in [3.05, 3.63) is 69.8 Å². The van der Waals surface area contributed by atoms with Crippen LogP contribution in [0.4, 0.5) is 11.4 Å². The van der Waals surface area contributed by atoms with Crippen LogP contribution in [0.25, 0.3) is 0 Å². The van der Waals surface area contributed by atoms with Crippen molar-refractivity contribution < 1.29 is 4.92 Å². The smallest absolute Gasteiger partial charge is 0.287 e. The summed E-state index contributed by atoms with van der Waals surface area (Å²) in [6.07, 6.45) is 0.847. The molecule has 0 bridgehead atoms. The highest BCUT2D eigenvalue weighted by Gasteiger charge is 2.13. The molecule has 5 heteroatoms. The second-order valence-electron chi connectivity index (χ2n) is 4.26. The third-order valence-corrected chi connectivity index (χ3v) is 2.90. The van der Waals surface area contributed by atoms with E-state index in [0.717, 1.165) is 6.42 Å². The van der Waals surface area contributed by atoms with Gasteiger partial charge in [-0.1, -0.05) is 30.3 Å². The van der Waals surface area contributed by atoms with Gasteiger partial charge in [-0.25, -0.2) is 0 Å². The molecule has 2 aromatic carbocycles. The predicted molar refractivity (Wildman–Crippen MR) is 76.4 cm³/mol. The highest BCUT2D eigenvalue weighted by Crippen LogP contribution is 2.21. The summed E-state index contributed by atoms with van der Waals surface area (Å²) in [5, 5.41) is 22.8. The Kier molecular flexibility index (Phi) is 4.30. The molecule has 0 saturated carbocycles. The molecule has 2 aromatic rings. The third-order valence-electron chi connectivity index (χ3n) is 2.90. The molecule has 0 aliphatic carbocycles. The van der Waals surface area contributed by atoms with E-state index in [2.05, 4.69) is 5.32 Å². The van der Waals surface area contributed by atoms with Gasteiger partial charge >= 0.3 is 0 Å². The molecule has 0 saturated heterocycles. The van der Waals surface area contributed by atoms with Crippen LogP contribution in [0.15, 0.2) is 48.5 Å². The zero-order valence-corrected chi connectivity index (χ0v) is 10.7. The van der Waals surface area contributed by atoms with Gasteiger partial charge in [-0.2, -0.15) is 5.26 Å². The maximum Gasteiger partial charge on any atom is 0.287 e. The average Bonchev–Trinajstić information content (AvgIpc) is 2.48. The van der Waals surface area contributed by atoms with Gasteiger partial charge in [-0.3, -0.25) is 10.1 Å². The monoisotopic (exact) mass is 267 g/mol. The first kappa shape index (κ1) is 13.6. The van der Waals surface area contributed by atoms with Crippen LogP contribution in [-0.2, 0) is 6.42 Å². The van der Waals surface area contributed by atoms with Crippen LogP contribution in [0.1, 0.15) is 11.1 Å². The van der Waals surface area contributed by atoms with Crippen LogP contribution in [0.5, 0.6) is 0 Å². The van der Waals surface area contributed by atoms with E-state index >= 15 is 0 Å². The number of rotatable bonds is 5. The Morgan fingerprint density at radius 3 is 2.60 bits per heavy atom. The van der Waals surface area contributed by atoms with Crippen molar-refractivity contribution >= 4 is 11.4 Å². The number of nitrogens with zero attached hydrogens (tertiary/aromatic N) is 2. The number of anilines is 1. The zero-order valence-electron chi connectivity index (χ0n) is 10.7. The van der Waals surface area contributed by atoms with Crippen molar-refractivity contribution in [3.63, 3.8) is 0 Å². The fourth-order valence-electron chi connectivity index (χ4n) is 1.89. The number of nitro groups is 1. The van der Waals surface area contributed by atoms with Gasteiger partial charge in [0.15, 0.2) is 0 Å². The number of hydrogen-bond donors (Lipinski definition) is 1. The zero-order chi connectivity index (χ0) is 14.4. The first-order chi connectivity index (χ1) is 9.70. The molecular weight excluding hydrogens is 254 g/mol. The minimum absolute atomic E-state index is 0.0692. The maximum atomic E-state index is 10.7. The summed E-state index contributed by atoms with van der Waals surface area (Å²) in [7, 11) is 0. The number of nitrogens with one attached hydrogen (secondary N) is 1. The second-order valence-corrected chi connectivity index (χ2v) is 4.26. The normalized spacial score (nSPS) is 9.75. The summed E-state index contributed by atoms with van der Waals surface area (Å²) in [6, 6.07) is 16.3. The van der Waals surface area contributed by atoms with Crippen LogP contribution < -0.4 is 5.32 Å². The van der Waals surface area contributed by atoms with E-state index in [9.17, 15) is 10.1 Å².